The number of carbonyl (C=O) groups is 1. The molecule has 1 rings (SSSR count). The molecule has 1 atom stereocenters. The molecule has 0 fully saturated rings. The molecule has 0 aliphatic carbocycles. The molecule has 0 aromatic carbocycles. The van der Waals surface area contributed by atoms with Gasteiger partial charge in [-0.3, -0.25) is 9.78 Å². The second-order valence-corrected chi connectivity index (χ2v) is 5.70. The Morgan fingerprint density at radius 1 is 1.69 bits per heavy atom. The van der Waals surface area contributed by atoms with Crippen LogP contribution >= 0.6 is 11.8 Å². The molecule has 4 nitrogen and oxygen atoms in total. The maximum atomic E-state index is 10.8. The maximum Gasteiger partial charge on any atom is 0.321 e. The molecule has 0 aliphatic rings. The van der Waals surface area contributed by atoms with Gasteiger partial charge in [0.05, 0.1) is 0 Å². The van der Waals surface area contributed by atoms with Gasteiger partial charge in [-0.25, -0.2) is 0 Å². The SMILES string of the molecule is CC(C)(SCc1cccnc1)[C@@H](N)C(=O)O. The number of nitrogens with two attached hydrogens (primary N) is 1. The van der Waals surface area contributed by atoms with Crippen molar-refractivity contribution in [2.75, 3.05) is 0 Å². The summed E-state index contributed by atoms with van der Waals surface area (Å²) in [5.41, 5.74) is 6.69. The van der Waals surface area contributed by atoms with Crippen LogP contribution in [0.2, 0.25) is 0 Å². The molecular formula is C11H16N2O2S. The molecule has 1 aromatic heterocycles. The fourth-order valence-electron chi connectivity index (χ4n) is 1.14. The van der Waals surface area contributed by atoms with E-state index < -0.39 is 16.8 Å². The predicted octanol–water partition coefficient (Wildman–Crippen LogP) is 1.51. The number of rotatable bonds is 5. The summed E-state index contributed by atoms with van der Waals surface area (Å²) >= 11 is 1.52. The molecule has 1 heterocycles. The molecule has 5 heteroatoms. The Kier molecular flexibility index (Phi) is 4.32. The van der Waals surface area contributed by atoms with E-state index in [-0.39, 0.29) is 0 Å². The molecule has 0 saturated heterocycles. The van der Waals surface area contributed by atoms with E-state index >= 15 is 0 Å². The second kappa shape index (κ2) is 5.32. The fraction of sp³-hybridized carbons (Fsp3) is 0.455. The highest BCUT2D eigenvalue weighted by atomic mass is 32.2. The quantitative estimate of drug-likeness (QED) is 0.815. The molecule has 0 radical (unpaired) electrons. The lowest BCUT2D eigenvalue weighted by Gasteiger charge is -2.27. The van der Waals surface area contributed by atoms with Crippen LogP contribution < -0.4 is 5.73 Å². The summed E-state index contributed by atoms with van der Waals surface area (Å²) in [6, 6.07) is 2.96. The highest BCUT2D eigenvalue weighted by Crippen LogP contribution is 2.30. The van der Waals surface area contributed by atoms with Crippen LogP contribution in [0.15, 0.2) is 24.5 Å². The lowest BCUT2D eigenvalue weighted by atomic mass is 10.1. The van der Waals surface area contributed by atoms with Crippen LogP contribution in [0, 0.1) is 0 Å². The maximum absolute atomic E-state index is 10.8. The number of pyridine rings is 1. The van der Waals surface area contributed by atoms with Crippen molar-refractivity contribution in [2.24, 2.45) is 5.73 Å². The minimum atomic E-state index is -0.969. The van der Waals surface area contributed by atoms with Crippen LogP contribution in [0.3, 0.4) is 0 Å². The van der Waals surface area contributed by atoms with Crippen LogP contribution in [0.25, 0.3) is 0 Å². The third-order valence-corrected chi connectivity index (χ3v) is 3.82. The van der Waals surface area contributed by atoms with E-state index in [1.807, 2.05) is 26.0 Å². The normalized spacial score (nSPS) is 13.4. The third-order valence-electron chi connectivity index (χ3n) is 2.35. The Morgan fingerprint density at radius 2 is 2.38 bits per heavy atom. The average Bonchev–Trinajstić information content (AvgIpc) is 2.27. The molecule has 1 aromatic rings. The number of carboxylic acids is 1. The van der Waals surface area contributed by atoms with Crippen molar-refractivity contribution in [3.63, 3.8) is 0 Å². The molecule has 0 bridgehead atoms. The summed E-state index contributed by atoms with van der Waals surface area (Å²) in [7, 11) is 0. The number of thioether (sulfide) groups is 1. The van der Waals surface area contributed by atoms with Crippen LogP contribution in [0.1, 0.15) is 19.4 Å². The summed E-state index contributed by atoms with van der Waals surface area (Å²) in [4.78, 5) is 14.8. The van der Waals surface area contributed by atoms with Crippen molar-refractivity contribution in [3.05, 3.63) is 30.1 Å². The van der Waals surface area contributed by atoms with Gasteiger partial charge in [-0.15, -0.1) is 11.8 Å². The minimum Gasteiger partial charge on any atom is -0.480 e. The minimum absolute atomic E-state index is 0.498. The first-order chi connectivity index (χ1) is 7.43. The zero-order valence-electron chi connectivity index (χ0n) is 9.38. The predicted molar refractivity (Wildman–Crippen MR) is 65.2 cm³/mol. The van der Waals surface area contributed by atoms with E-state index in [1.54, 1.807) is 12.4 Å². The van der Waals surface area contributed by atoms with Gasteiger partial charge in [0.1, 0.15) is 6.04 Å². The molecule has 0 unspecified atom stereocenters. The number of hydrogen-bond acceptors (Lipinski definition) is 4. The van der Waals surface area contributed by atoms with E-state index in [0.717, 1.165) is 5.56 Å². The van der Waals surface area contributed by atoms with Gasteiger partial charge in [0.25, 0.3) is 0 Å². The Bertz CT molecular complexity index is 354. The largest absolute Gasteiger partial charge is 0.480 e. The average molecular weight is 240 g/mol. The standard InChI is InChI=1S/C11H16N2O2S/c1-11(2,9(12)10(14)15)16-7-8-4-3-5-13-6-8/h3-6,9H,7,12H2,1-2H3,(H,14,15)/t9-/m0/s1. The molecule has 0 saturated carbocycles. The van der Waals surface area contributed by atoms with Gasteiger partial charge >= 0.3 is 5.97 Å². The number of nitrogens with zero attached hydrogens (tertiary/aromatic N) is 1. The van der Waals surface area contributed by atoms with Crippen LogP contribution in [0.4, 0.5) is 0 Å². The number of aliphatic carboxylic acids is 1. The van der Waals surface area contributed by atoms with Gasteiger partial charge in [-0.05, 0) is 25.5 Å². The molecular weight excluding hydrogens is 224 g/mol. The van der Waals surface area contributed by atoms with Crippen molar-refractivity contribution in [1.29, 1.82) is 0 Å². The van der Waals surface area contributed by atoms with E-state index in [2.05, 4.69) is 4.98 Å². The van der Waals surface area contributed by atoms with Gasteiger partial charge in [0.15, 0.2) is 0 Å². The first-order valence-electron chi connectivity index (χ1n) is 4.95. The Morgan fingerprint density at radius 3 is 2.88 bits per heavy atom. The van der Waals surface area contributed by atoms with Crippen molar-refractivity contribution in [3.8, 4) is 0 Å². The van der Waals surface area contributed by atoms with Crippen molar-refractivity contribution in [1.82, 2.24) is 4.98 Å². The molecule has 0 spiro atoms. The van der Waals surface area contributed by atoms with Crippen LogP contribution in [0.5, 0.6) is 0 Å². The molecule has 88 valence electrons. The van der Waals surface area contributed by atoms with Crippen molar-refractivity contribution >= 4 is 17.7 Å². The molecule has 3 N–H and O–H groups in total. The van der Waals surface area contributed by atoms with E-state index in [9.17, 15) is 4.79 Å². The van der Waals surface area contributed by atoms with Gasteiger partial charge in [-0.2, -0.15) is 0 Å². The second-order valence-electron chi connectivity index (χ2n) is 4.07. The Balaban J connectivity index is 2.57. The number of carboxylic acid groups (broad SMARTS) is 1. The Hall–Kier alpha value is -1.07. The summed E-state index contributed by atoms with van der Waals surface area (Å²) in [5.74, 6) is -0.259. The zero-order chi connectivity index (χ0) is 12.2. The van der Waals surface area contributed by atoms with Gasteiger partial charge in [0.2, 0.25) is 0 Å². The van der Waals surface area contributed by atoms with Crippen LogP contribution in [-0.4, -0.2) is 26.8 Å². The molecule has 0 amide bonds. The van der Waals surface area contributed by atoms with Gasteiger partial charge in [-0.1, -0.05) is 6.07 Å². The summed E-state index contributed by atoms with van der Waals surface area (Å²) in [5, 5.41) is 8.86. The van der Waals surface area contributed by atoms with E-state index in [4.69, 9.17) is 10.8 Å². The van der Waals surface area contributed by atoms with Crippen LogP contribution in [-0.2, 0) is 10.5 Å². The summed E-state index contributed by atoms with van der Waals surface area (Å²) in [6.07, 6.45) is 3.48. The first kappa shape index (κ1) is 13.0. The topological polar surface area (TPSA) is 76.2 Å². The van der Waals surface area contributed by atoms with E-state index in [0.29, 0.717) is 5.75 Å². The summed E-state index contributed by atoms with van der Waals surface area (Å²) in [6.45, 7) is 3.68. The molecule has 16 heavy (non-hydrogen) atoms. The van der Waals surface area contributed by atoms with Gasteiger partial charge in [0, 0.05) is 22.9 Å². The van der Waals surface area contributed by atoms with Crippen molar-refractivity contribution < 1.29 is 9.90 Å². The lowest BCUT2D eigenvalue weighted by Crippen LogP contribution is -2.46. The smallest absolute Gasteiger partial charge is 0.321 e. The zero-order valence-corrected chi connectivity index (χ0v) is 10.2. The van der Waals surface area contributed by atoms with E-state index in [1.165, 1.54) is 11.8 Å². The monoisotopic (exact) mass is 240 g/mol. The molecule has 0 aliphatic heterocycles. The first-order valence-corrected chi connectivity index (χ1v) is 5.93. The fourth-order valence-corrected chi connectivity index (χ4v) is 2.13. The Labute approximate surface area is 99.3 Å². The summed E-state index contributed by atoms with van der Waals surface area (Å²) < 4.78 is -0.498. The lowest BCUT2D eigenvalue weighted by molar-refractivity contribution is -0.139. The third kappa shape index (κ3) is 3.50. The van der Waals surface area contributed by atoms with Gasteiger partial charge < -0.3 is 10.8 Å². The highest BCUT2D eigenvalue weighted by Gasteiger charge is 2.32. The number of hydrogen-bond donors (Lipinski definition) is 2. The number of aromatic nitrogens is 1. The highest BCUT2D eigenvalue weighted by molar-refractivity contribution is 7.99. The van der Waals surface area contributed by atoms with Crippen molar-refractivity contribution in [2.45, 2.75) is 30.4 Å².